The number of alkyl halides is 3. The molecule has 1 aromatic heterocycles. The Bertz CT molecular complexity index is 1240. The largest absolute Gasteiger partial charge is 0.457 e. The van der Waals surface area contributed by atoms with E-state index in [1.54, 1.807) is 30.3 Å². The number of hydrogen-bond donors (Lipinski definition) is 0. The van der Waals surface area contributed by atoms with Crippen LogP contribution in [0.5, 0.6) is 0 Å². The second-order valence-electron chi connectivity index (χ2n) is 6.39. The van der Waals surface area contributed by atoms with E-state index in [0.29, 0.717) is 27.1 Å². The van der Waals surface area contributed by atoms with Gasteiger partial charge in [0.2, 0.25) is 0 Å². The lowest BCUT2D eigenvalue weighted by molar-refractivity contribution is -0.137. The zero-order valence-electron chi connectivity index (χ0n) is 15.2. The fourth-order valence-corrected chi connectivity index (χ4v) is 4.56. The number of anilines is 1. The molecular formula is C21H10Cl2F3NO2S2. The summed E-state index contributed by atoms with van der Waals surface area (Å²) in [6.07, 6.45) is -3.05. The minimum Gasteiger partial charge on any atom is -0.457 e. The van der Waals surface area contributed by atoms with Crippen LogP contribution in [0.15, 0.2) is 63.9 Å². The van der Waals surface area contributed by atoms with Crippen molar-refractivity contribution in [3.8, 4) is 11.3 Å². The highest BCUT2D eigenvalue weighted by Crippen LogP contribution is 2.39. The van der Waals surface area contributed by atoms with Crippen molar-refractivity contribution in [3.63, 3.8) is 0 Å². The van der Waals surface area contributed by atoms with Gasteiger partial charge in [0, 0.05) is 16.7 Å². The smallest absolute Gasteiger partial charge is 0.416 e. The number of amides is 1. The molecule has 1 saturated heterocycles. The first kappa shape index (κ1) is 22.0. The summed E-state index contributed by atoms with van der Waals surface area (Å²) in [6.45, 7) is 0. The SMILES string of the molecule is O=C1/C(=C/c2ccc(-c3cc(Cl)ccc3Cl)o2)SC(=S)N1c1cccc(C(F)(F)F)c1. The molecule has 1 aliphatic rings. The van der Waals surface area contributed by atoms with Crippen LogP contribution in [0.4, 0.5) is 18.9 Å². The fraction of sp³-hybridized carbons (Fsp3) is 0.0476. The van der Waals surface area contributed by atoms with E-state index in [9.17, 15) is 18.0 Å². The van der Waals surface area contributed by atoms with E-state index < -0.39 is 17.6 Å². The van der Waals surface area contributed by atoms with E-state index in [2.05, 4.69) is 0 Å². The number of hydrogen-bond acceptors (Lipinski definition) is 4. The second kappa shape index (κ2) is 8.35. The van der Waals surface area contributed by atoms with Crippen LogP contribution in [0.3, 0.4) is 0 Å². The average Bonchev–Trinajstić information content (AvgIpc) is 3.28. The van der Waals surface area contributed by atoms with E-state index in [0.717, 1.165) is 28.8 Å². The fourth-order valence-electron chi connectivity index (χ4n) is 2.90. The molecule has 0 N–H and O–H groups in total. The predicted molar refractivity (Wildman–Crippen MR) is 121 cm³/mol. The molecule has 0 saturated carbocycles. The molecule has 3 nitrogen and oxygen atoms in total. The zero-order chi connectivity index (χ0) is 22.3. The first-order chi connectivity index (χ1) is 14.6. The van der Waals surface area contributed by atoms with Crippen molar-refractivity contribution in [2.24, 2.45) is 0 Å². The Morgan fingerprint density at radius 1 is 1.06 bits per heavy atom. The highest BCUT2D eigenvalue weighted by atomic mass is 35.5. The van der Waals surface area contributed by atoms with Crippen molar-refractivity contribution in [2.75, 3.05) is 4.90 Å². The first-order valence-electron chi connectivity index (χ1n) is 8.64. The van der Waals surface area contributed by atoms with Gasteiger partial charge in [0.25, 0.3) is 5.91 Å². The highest BCUT2D eigenvalue weighted by molar-refractivity contribution is 8.27. The maximum atomic E-state index is 13.0. The number of benzene rings is 2. The van der Waals surface area contributed by atoms with Crippen LogP contribution in [-0.2, 0) is 11.0 Å². The molecule has 2 aromatic carbocycles. The molecule has 1 amide bonds. The number of carbonyl (C=O) groups is 1. The summed E-state index contributed by atoms with van der Waals surface area (Å²) >= 11 is 18.4. The number of thioether (sulfide) groups is 1. The molecule has 0 aliphatic carbocycles. The Balaban J connectivity index is 1.63. The van der Waals surface area contributed by atoms with E-state index in [1.807, 2.05) is 0 Å². The minimum absolute atomic E-state index is 0.0477. The molecule has 0 atom stereocenters. The molecule has 0 spiro atoms. The molecule has 0 unspecified atom stereocenters. The second-order valence-corrected chi connectivity index (χ2v) is 8.91. The average molecular weight is 500 g/mol. The zero-order valence-corrected chi connectivity index (χ0v) is 18.4. The molecule has 0 bridgehead atoms. The van der Waals surface area contributed by atoms with E-state index in [-0.39, 0.29) is 14.9 Å². The molecule has 31 heavy (non-hydrogen) atoms. The van der Waals surface area contributed by atoms with Crippen molar-refractivity contribution >= 4 is 69.2 Å². The molecule has 1 fully saturated rings. The van der Waals surface area contributed by atoms with Crippen LogP contribution < -0.4 is 4.90 Å². The monoisotopic (exact) mass is 499 g/mol. The van der Waals surface area contributed by atoms with E-state index in [1.165, 1.54) is 18.2 Å². The summed E-state index contributed by atoms with van der Waals surface area (Å²) in [4.78, 5) is 14.1. The third-order valence-electron chi connectivity index (χ3n) is 4.32. The number of furan rings is 1. The molecule has 4 rings (SSSR count). The summed E-state index contributed by atoms with van der Waals surface area (Å²) in [5, 5.41) is 0.931. The topological polar surface area (TPSA) is 33.5 Å². The van der Waals surface area contributed by atoms with Crippen molar-refractivity contribution in [2.45, 2.75) is 6.18 Å². The maximum absolute atomic E-state index is 13.0. The summed E-state index contributed by atoms with van der Waals surface area (Å²) in [7, 11) is 0. The predicted octanol–water partition coefficient (Wildman–Crippen LogP) is 7.68. The molecule has 0 radical (unpaired) electrons. The number of nitrogens with zero attached hydrogens (tertiary/aromatic N) is 1. The van der Waals surface area contributed by atoms with Crippen molar-refractivity contribution < 1.29 is 22.4 Å². The van der Waals surface area contributed by atoms with Gasteiger partial charge >= 0.3 is 6.18 Å². The van der Waals surface area contributed by atoms with Gasteiger partial charge in [0.1, 0.15) is 11.5 Å². The quantitative estimate of drug-likeness (QED) is 0.273. The Hall–Kier alpha value is -2.26. The lowest BCUT2D eigenvalue weighted by Gasteiger charge is -2.16. The number of rotatable bonds is 3. The Morgan fingerprint density at radius 3 is 2.58 bits per heavy atom. The Morgan fingerprint density at radius 2 is 1.84 bits per heavy atom. The highest BCUT2D eigenvalue weighted by Gasteiger charge is 2.36. The van der Waals surface area contributed by atoms with Crippen LogP contribution in [0, 0.1) is 0 Å². The van der Waals surface area contributed by atoms with Crippen LogP contribution in [0.1, 0.15) is 11.3 Å². The maximum Gasteiger partial charge on any atom is 0.416 e. The van der Waals surface area contributed by atoms with Gasteiger partial charge in [0.15, 0.2) is 4.32 Å². The number of halogens is 5. The molecule has 10 heteroatoms. The normalized spacial score (nSPS) is 15.9. The van der Waals surface area contributed by atoms with Gasteiger partial charge in [-0.1, -0.05) is 53.2 Å². The van der Waals surface area contributed by atoms with Gasteiger partial charge in [-0.3, -0.25) is 9.69 Å². The van der Waals surface area contributed by atoms with Crippen molar-refractivity contribution in [1.82, 2.24) is 0 Å². The molecule has 3 aromatic rings. The molecule has 2 heterocycles. The van der Waals surface area contributed by atoms with Crippen molar-refractivity contribution in [3.05, 3.63) is 80.9 Å². The van der Waals surface area contributed by atoms with Crippen molar-refractivity contribution in [1.29, 1.82) is 0 Å². The lowest BCUT2D eigenvalue weighted by Crippen LogP contribution is -2.27. The first-order valence-corrected chi connectivity index (χ1v) is 10.6. The van der Waals surface area contributed by atoms with E-state index >= 15 is 0 Å². The summed E-state index contributed by atoms with van der Waals surface area (Å²) < 4.78 is 45.0. The van der Waals surface area contributed by atoms with Gasteiger partial charge in [-0.2, -0.15) is 13.2 Å². The number of thiocarbonyl (C=S) groups is 1. The van der Waals surface area contributed by atoms with Crippen LogP contribution >= 0.6 is 47.2 Å². The van der Waals surface area contributed by atoms with Gasteiger partial charge in [-0.25, -0.2) is 0 Å². The van der Waals surface area contributed by atoms with Gasteiger partial charge in [0.05, 0.1) is 21.2 Å². The minimum atomic E-state index is -4.53. The summed E-state index contributed by atoms with van der Waals surface area (Å²) in [5.41, 5.74) is -0.228. The van der Waals surface area contributed by atoms with E-state index in [4.69, 9.17) is 39.8 Å². The third kappa shape index (κ3) is 4.52. The lowest BCUT2D eigenvalue weighted by atomic mass is 10.2. The Kier molecular flexibility index (Phi) is 5.91. The van der Waals surface area contributed by atoms with Crippen LogP contribution in [0.2, 0.25) is 10.0 Å². The third-order valence-corrected chi connectivity index (χ3v) is 6.19. The molecule has 158 valence electrons. The standard InChI is InChI=1S/C21H10Cl2F3NO2S2/c22-12-4-6-16(23)15(9-12)17-7-5-14(29-17)10-18-19(28)27(20(30)31-18)13-3-1-2-11(8-13)21(24,25)26/h1-10H/b18-10-. The Labute approximate surface area is 194 Å². The van der Waals surface area contributed by atoms with Crippen LogP contribution in [0.25, 0.3) is 17.4 Å². The summed E-state index contributed by atoms with van der Waals surface area (Å²) in [6, 6.07) is 12.7. The molecule has 1 aliphatic heterocycles. The molecular weight excluding hydrogens is 490 g/mol. The number of carbonyl (C=O) groups excluding carboxylic acids is 1. The summed E-state index contributed by atoms with van der Waals surface area (Å²) in [5.74, 6) is 0.274. The van der Waals surface area contributed by atoms with Gasteiger partial charge in [-0.05, 0) is 48.5 Å². The van der Waals surface area contributed by atoms with Crippen LogP contribution in [-0.4, -0.2) is 10.2 Å². The van der Waals surface area contributed by atoms with Gasteiger partial charge < -0.3 is 4.42 Å². The van der Waals surface area contributed by atoms with Gasteiger partial charge in [-0.15, -0.1) is 0 Å².